The highest BCUT2D eigenvalue weighted by atomic mass is 16.6. The lowest BCUT2D eigenvalue weighted by Gasteiger charge is -2.08. The Morgan fingerprint density at radius 3 is 2.60 bits per heavy atom. The highest BCUT2D eigenvalue weighted by molar-refractivity contribution is 5.45. The van der Waals surface area contributed by atoms with Crippen molar-refractivity contribution in [2.75, 3.05) is 7.05 Å². The van der Waals surface area contributed by atoms with E-state index in [-0.39, 0.29) is 16.5 Å². The lowest BCUT2D eigenvalue weighted by molar-refractivity contribution is -0.385. The Morgan fingerprint density at radius 1 is 1.47 bits per heavy atom. The molecule has 0 amide bonds. The summed E-state index contributed by atoms with van der Waals surface area (Å²) in [6.07, 6.45) is 0. The maximum atomic E-state index is 10.9. The number of nitro groups is 1. The Morgan fingerprint density at radius 2 is 2.13 bits per heavy atom. The monoisotopic (exact) mass is 208 g/mol. The Bertz CT molecular complexity index is 362. The summed E-state index contributed by atoms with van der Waals surface area (Å²) in [5.41, 5.74) is 1.95. The fraction of sp³-hybridized carbons (Fsp3) is 0.455. The zero-order valence-corrected chi connectivity index (χ0v) is 9.28. The summed E-state index contributed by atoms with van der Waals surface area (Å²) in [6.45, 7) is 4.57. The zero-order chi connectivity index (χ0) is 11.4. The fourth-order valence-electron chi connectivity index (χ4n) is 1.55. The summed E-state index contributed by atoms with van der Waals surface area (Å²) in [7, 11) is 1.82. The minimum Gasteiger partial charge on any atom is -0.316 e. The minimum atomic E-state index is -0.311. The van der Waals surface area contributed by atoms with Crippen LogP contribution in [0.25, 0.3) is 0 Å². The third kappa shape index (κ3) is 2.76. The third-order valence-corrected chi connectivity index (χ3v) is 2.29. The predicted molar refractivity (Wildman–Crippen MR) is 59.9 cm³/mol. The van der Waals surface area contributed by atoms with Crippen LogP contribution in [-0.4, -0.2) is 12.0 Å². The lowest BCUT2D eigenvalue weighted by atomic mass is 9.99. The van der Waals surface area contributed by atoms with Gasteiger partial charge in [-0.2, -0.15) is 0 Å². The summed E-state index contributed by atoms with van der Waals surface area (Å²) in [5, 5.41) is 13.8. The molecule has 0 bridgehead atoms. The molecule has 0 aliphatic rings. The van der Waals surface area contributed by atoms with Crippen LogP contribution in [0.2, 0.25) is 0 Å². The first-order chi connectivity index (χ1) is 7.06. The molecule has 4 nitrogen and oxygen atoms in total. The van der Waals surface area contributed by atoms with Crippen molar-refractivity contribution in [3.8, 4) is 0 Å². The fourth-order valence-corrected chi connectivity index (χ4v) is 1.55. The second-order valence-corrected chi connectivity index (χ2v) is 3.84. The first-order valence-corrected chi connectivity index (χ1v) is 4.98. The molecule has 0 aromatic heterocycles. The molecule has 1 N–H and O–H groups in total. The molecule has 4 heteroatoms. The van der Waals surface area contributed by atoms with Gasteiger partial charge in [0.2, 0.25) is 0 Å². The zero-order valence-electron chi connectivity index (χ0n) is 9.28. The molecule has 0 saturated carbocycles. The number of rotatable bonds is 4. The maximum Gasteiger partial charge on any atom is 0.273 e. The number of hydrogen-bond acceptors (Lipinski definition) is 3. The molecular formula is C11H16N2O2. The summed E-state index contributed by atoms with van der Waals surface area (Å²) in [4.78, 5) is 10.6. The molecule has 1 rings (SSSR count). The Kier molecular flexibility index (Phi) is 3.80. The molecule has 0 saturated heterocycles. The second kappa shape index (κ2) is 4.89. The standard InChI is InChI=1S/C11H16N2O2/c1-8(2)10-5-4-9(7-12-3)6-11(10)13(14)15/h4-6,8,12H,7H2,1-3H3. The topological polar surface area (TPSA) is 55.2 Å². The van der Waals surface area contributed by atoms with Crippen molar-refractivity contribution >= 4 is 5.69 Å². The molecular weight excluding hydrogens is 192 g/mol. The Labute approximate surface area is 89.5 Å². The van der Waals surface area contributed by atoms with E-state index in [1.54, 1.807) is 6.07 Å². The maximum absolute atomic E-state index is 10.9. The van der Waals surface area contributed by atoms with E-state index in [0.717, 1.165) is 11.1 Å². The molecule has 0 spiro atoms. The van der Waals surface area contributed by atoms with E-state index >= 15 is 0 Å². The van der Waals surface area contributed by atoms with Crippen LogP contribution in [0.5, 0.6) is 0 Å². The number of benzene rings is 1. The summed E-state index contributed by atoms with van der Waals surface area (Å²) in [6, 6.07) is 5.42. The Balaban J connectivity index is 3.15. The molecule has 15 heavy (non-hydrogen) atoms. The molecule has 1 aromatic rings. The molecule has 0 atom stereocenters. The summed E-state index contributed by atoms with van der Waals surface area (Å²) >= 11 is 0. The minimum absolute atomic E-state index is 0.175. The Hall–Kier alpha value is -1.42. The van der Waals surface area contributed by atoms with Crippen LogP contribution in [-0.2, 0) is 6.54 Å². The van der Waals surface area contributed by atoms with Crippen molar-refractivity contribution in [2.45, 2.75) is 26.3 Å². The SMILES string of the molecule is CNCc1ccc(C(C)C)c([N+](=O)[O-])c1. The van der Waals surface area contributed by atoms with Crippen molar-refractivity contribution in [2.24, 2.45) is 0 Å². The van der Waals surface area contributed by atoms with Crippen LogP contribution in [0.3, 0.4) is 0 Å². The van der Waals surface area contributed by atoms with Crippen molar-refractivity contribution < 1.29 is 4.92 Å². The van der Waals surface area contributed by atoms with Crippen molar-refractivity contribution in [1.82, 2.24) is 5.32 Å². The van der Waals surface area contributed by atoms with E-state index in [0.29, 0.717) is 6.54 Å². The van der Waals surface area contributed by atoms with Crippen LogP contribution in [0.1, 0.15) is 30.9 Å². The second-order valence-electron chi connectivity index (χ2n) is 3.84. The van der Waals surface area contributed by atoms with Crippen molar-refractivity contribution in [3.05, 3.63) is 39.4 Å². The molecule has 0 heterocycles. The van der Waals surface area contributed by atoms with E-state index in [2.05, 4.69) is 5.32 Å². The lowest BCUT2D eigenvalue weighted by Crippen LogP contribution is -2.06. The number of nitro benzene ring substituents is 1. The largest absolute Gasteiger partial charge is 0.316 e. The van der Waals surface area contributed by atoms with Gasteiger partial charge in [0.15, 0.2) is 0 Å². The van der Waals surface area contributed by atoms with E-state index in [9.17, 15) is 10.1 Å². The molecule has 0 unspecified atom stereocenters. The van der Waals surface area contributed by atoms with Gasteiger partial charge in [0.25, 0.3) is 5.69 Å². The van der Waals surface area contributed by atoms with Gasteiger partial charge in [0.1, 0.15) is 0 Å². The first-order valence-electron chi connectivity index (χ1n) is 4.98. The van der Waals surface area contributed by atoms with Crippen LogP contribution in [0, 0.1) is 10.1 Å². The third-order valence-electron chi connectivity index (χ3n) is 2.29. The van der Waals surface area contributed by atoms with E-state index < -0.39 is 0 Å². The average molecular weight is 208 g/mol. The molecule has 0 radical (unpaired) electrons. The smallest absolute Gasteiger partial charge is 0.273 e. The molecule has 82 valence electrons. The van der Waals surface area contributed by atoms with E-state index in [4.69, 9.17) is 0 Å². The van der Waals surface area contributed by atoms with Gasteiger partial charge in [0, 0.05) is 18.2 Å². The van der Waals surface area contributed by atoms with Crippen LogP contribution in [0.15, 0.2) is 18.2 Å². The van der Waals surface area contributed by atoms with E-state index in [1.807, 2.05) is 33.0 Å². The molecule has 0 aliphatic heterocycles. The van der Waals surface area contributed by atoms with E-state index in [1.165, 1.54) is 0 Å². The summed E-state index contributed by atoms with van der Waals surface area (Å²) < 4.78 is 0. The van der Waals surface area contributed by atoms with Gasteiger partial charge in [0.05, 0.1) is 4.92 Å². The number of nitrogens with one attached hydrogen (secondary N) is 1. The summed E-state index contributed by atoms with van der Waals surface area (Å²) in [5.74, 6) is 0.175. The highest BCUT2D eigenvalue weighted by Crippen LogP contribution is 2.27. The first kappa shape index (κ1) is 11.7. The van der Waals surface area contributed by atoms with Gasteiger partial charge < -0.3 is 5.32 Å². The normalized spacial score (nSPS) is 10.7. The average Bonchev–Trinajstić information content (AvgIpc) is 2.17. The van der Waals surface area contributed by atoms with Crippen LogP contribution < -0.4 is 5.32 Å². The molecule has 0 fully saturated rings. The van der Waals surface area contributed by atoms with Crippen molar-refractivity contribution in [3.63, 3.8) is 0 Å². The highest BCUT2D eigenvalue weighted by Gasteiger charge is 2.16. The van der Waals surface area contributed by atoms with Gasteiger partial charge >= 0.3 is 0 Å². The van der Waals surface area contributed by atoms with Crippen LogP contribution >= 0.6 is 0 Å². The predicted octanol–water partition coefficient (Wildman–Crippen LogP) is 2.44. The van der Waals surface area contributed by atoms with Gasteiger partial charge in [-0.1, -0.05) is 26.0 Å². The van der Waals surface area contributed by atoms with Gasteiger partial charge in [-0.3, -0.25) is 10.1 Å². The molecule has 1 aromatic carbocycles. The van der Waals surface area contributed by atoms with Gasteiger partial charge in [-0.25, -0.2) is 0 Å². The van der Waals surface area contributed by atoms with Gasteiger partial charge in [-0.05, 0) is 18.5 Å². The quantitative estimate of drug-likeness (QED) is 0.610. The number of hydrogen-bond donors (Lipinski definition) is 1. The van der Waals surface area contributed by atoms with Crippen LogP contribution in [0.4, 0.5) is 5.69 Å². The van der Waals surface area contributed by atoms with Gasteiger partial charge in [-0.15, -0.1) is 0 Å². The number of nitrogens with zero attached hydrogens (tertiary/aromatic N) is 1. The van der Waals surface area contributed by atoms with Crippen molar-refractivity contribution in [1.29, 1.82) is 0 Å². The molecule has 0 aliphatic carbocycles.